The van der Waals surface area contributed by atoms with Gasteiger partial charge in [-0.05, 0) is 117 Å². The standard InChI is InChI=1S/C67H46N2O2/c1-67(2)57-41-49(68(47-35-31-45(32-36-47)43-17-5-3-6-18-43)59-27-15-25-54-51-22-11-13-29-62(51)70-65(54)59)39-40-56(57)64-53-24-10-9-21-50(53)61(42-58(64)67)69(48-37-33-46(34-38-48)44-19-7-4-8-20-44)60-28-16-26-55-52-23-12-14-30-63(52)71-66(55)60/h3-42H,1-2H3. The largest absolute Gasteiger partial charge is 0.454 e. The zero-order valence-corrected chi connectivity index (χ0v) is 39.3. The monoisotopic (exact) mass is 910 g/mol. The van der Waals surface area contributed by atoms with Crippen molar-refractivity contribution in [2.24, 2.45) is 0 Å². The minimum atomic E-state index is -0.387. The Balaban J connectivity index is 0.962. The van der Waals surface area contributed by atoms with Crippen LogP contribution in [0.5, 0.6) is 0 Å². The van der Waals surface area contributed by atoms with Crippen molar-refractivity contribution in [2.45, 2.75) is 19.3 Å². The molecule has 336 valence electrons. The lowest BCUT2D eigenvalue weighted by Crippen LogP contribution is -2.18. The molecule has 0 atom stereocenters. The first kappa shape index (κ1) is 40.9. The van der Waals surface area contributed by atoms with Crippen LogP contribution in [0.4, 0.5) is 34.1 Å². The van der Waals surface area contributed by atoms with Gasteiger partial charge in [-0.1, -0.05) is 190 Å². The van der Waals surface area contributed by atoms with Gasteiger partial charge in [0.15, 0.2) is 11.2 Å². The predicted molar refractivity (Wildman–Crippen MR) is 296 cm³/mol. The molecule has 0 spiro atoms. The van der Waals surface area contributed by atoms with E-state index in [1.807, 2.05) is 12.1 Å². The molecule has 0 aliphatic heterocycles. The fourth-order valence-electron chi connectivity index (χ4n) is 11.4. The van der Waals surface area contributed by atoms with E-state index >= 15 is 0 Å². The second kappa shape index (κ2) is 16.0. The molecule has 0 saturated heterocycles. The van der Waals surface area contributed by atoms with Gasteiger partial charge in [-0.25, -0.2) is 0 Å². The molecule has 14 rings (SSSR count). The summed E-state index contributed by atoms with van der Waals surface area (Å²) in [5.41, 5.74) is 19.1. The molecule has 13 aromatic rings. The Morgan fingerprint density at radius 3 is 1.31 bits per heavy atom. The van der Waals surface area contributed by atoms with Crippen molar-refractivity contribution >= 4 is 88.8 Å². The Morgan fingerprint density at radius 2 is 0.746 bits per heavy atom. The van der Waals surface area contributed by atoms with Gasteiger partial charge < -0.3 is 18.6 Å². The Labute approximate surface area is 411 Å². The Kier molecular flexibility index (Phi) is 9.21. The van der Waals surface area contributed by atoms with Gasteiger partial charge in [0.2, 0.25) is 0 Å². The van der Waals surface area contributed by atoms with Crippen LogP contribution >= 0.6 is 0 Å². The summed E-state index contributed by atoms with van der Waals surface area (Å²) in [6, 6.07) is 87.3. The van der Waals surface area contributed by atoms with Gasteiger partial charge in [-0.15, -0.1) is 0 Å². The number of anilines is 6. The van der Waals surface area contributed by atoms with Crippen molar-refractivity contribution in [3.63, 3.8) is 0 Å². The maximum Gasteiger partial charge on any atom is 0.159 e. The number of fused-ring (bicyclic) bond motifs is 11. The van der Waals surface area contributed by atoms with E-state index < -0.39 is 0 Å². The van der Waals surface area contributed by atoms with E-state index in [4.69, 9.17) is 8.83 Å². The Morgan fingerprint density at radius 1 is 0.310 bits per heavy atom. The highest BCUT2D eigenvalue weighted by atomic mass is 16.3. The smallest absolute Gasteiger partial charge is 0.159 e. The lowest BCUT2D eigenvalue weighted by molar-refractivity contribution is 0.660. The molecule has 1 aliphatic rings. The average molecular weight is 911 g/mol. The maximum absolute atomic E-state index is 6.83. The van der Waals surface area contributed by atoms with Crippen LogP contribution in [0.15, 0.2) is 251 Å². The van der Waals surface area contributed by atoms with Gasteiger partial charge in [0.25, 0.3) is 0 Å². The molecule has 0 radical (unpaired) electrons. The number of rotatable bonds is 8. The molecule has 4 heteroatoms. The van der Waals surface area contributed by atoms with Gasteiger partial charge in [0, 0.05) is 49.4 Å². The molecule has 71 heavy (non-hydrogen) atoms. The van der Waals surface area contributed by atoms with Crippen LogP contribution in [0, 0.1) is 0 Å². The van der Waals surface area contributed by atoms with Crippen molar-refractivity contribution in [1.82, 2.24) is 0 Å². The molecule has 11 aromatic carbocycles. The van der Waals surface area contributed by atoms with Crippen molar-refractivity contribution in [1.29, 1.82) is 0 Å². The number of hydrogen-bond donors (Lipinski definition) is 0. The van der Waals surface area contributed by atoms with Crippen LogP contribution < -0.4 is 9.80 Å². The Hall–Kier alpha value is -9.12. The van der Waals surface area contributed by atoms with Crippen molar-refractivity contribution in [3.8, 4) is 33.4 Å². The van der Waals surface area contributed by atoms with Crippen LogP contribution in [-0.2, 0) is 5.41 Å². The number of hydrogen-bond acceptors (Lipinski definition) is 4. The minimum absolute atomic E-state index is 0.387. The summed E-state index contributed by atoms with van der Waals surface area (Å²) >= 11 is 0. The lowest BCUT2D eigenvalue weighted by atomic mass is 9.81. The molecule has 1 aliphatic carbocycles. The van der Waals surface area contributed by atoms with Gasteiger partial charge >= 0.3 is 0 Å². The summed E-state index contributed by atoms with van der Waals surface area (Å²) in [5, 5.41) is 6.77. The Bertz CT molecular complexity index is 4190. The fourth-order valence-corrected chi connectivity index (χ4v) is 11.4. The molecular formula is C67H46N2O2. The molecule has 0 N–H and O–H groups in total. The molecular weight excluding hydrogens is 865 g/mol. The van der Waals surface area contributed by atoms with Crippen LogP contribution in [0.3, 0.4) is 0 Å². The van der Waals surface area contributed by atoms with E-state index in [-0.39, 0.29) is 5.41 Å². The molecule has 0 amide bonds. The summed E-state index contributed by atoms with van der Waals surface area (Å²) in [7, 11) is 0. The topological polar surface area (TPSA) is 32.8 Å². The molecule has 2 heterocycles. The van der Waals surface area contributed by atoms with Gasteiger partial charge in [0.1, 0.15) is 11.2 Å². The van der Waals surface area contributed by atoms with E-state index in [2.05, 4.69) is 254 Å². The second-order valence-electron chi connectivity index (χ2n) is 19.2. The van der Waals surface area contributed by atoms with E-state index in [1.165, 1.54) is 49.9 Å². The number of para-hydroxylation sites is 4. The zero-order chi connectivity index (χ0) is 47.2. The van der Waals surface area contributed by atoms with Crippen LogP contribution in [0.1, 0.15) is 25.0 Å². The number of nitrogens with zero attached hydrogens (tertiary/aromatic N) is 2. The van der Waals surface area contributed by atoms with Gasteiger partial charge in [-0.2, -0.15) is 0 Å². The summed E-state index contributed by atoms with van der Waals surface area (Å²) in [4.78, 5) is 4.79. The highest BCUT2D eigenvalue weighted by Crippen LogP contribution is 2.57. The summed E-state index contributed by atoms with van der Waals surface area (Å²) in [6.07, 6.45) is 0. The van der Waals surface area contributed by atoms with Gasteiger partial charge in [-0.3, -0.25) is 0 Å². The minimum Gasteiger partial charge on any atom is -0.454 e. The summed E-state index contributed by atoms with van der Waals surface area (Å²) in [6.45, 7) is 4.77. The maximum atomic E-state index is 6.83. The summed E-state index contributed by atoms with van der Waals surface area (Å²) < 4.78 is 13.6. The number of benzene rings is 11. The van der Waals surface area contributed by atoms with Crippen molar-refractivity contribution < 1.29 is 8.83 Å². The average Bonchev–Trinajstić information content (AvgIpc) is 4.08. The molecule has 2 aromatic heterocycles. The fraction of sp³-hybridized carbons (Fsp3) is 0.0448. The van der Waals surface area contributed by atoms with E-state index in [0.717, 1.165) is 83.4 Å². The highest BCUT2D eigenvalue weighted by molar-refractivity contribution is 6.15. The summed E-state index contributed by atoms with van der Waals surface area (Å²) in [5.74, 6) is 0. The quantitative estimate of drug-likeness (QED) is 0.152. The van der Waals surface area contributed by atoms with Crippen molar-refractivity contribution in [2.75, 3.05) is 9.80 Å². The third kappa shape index (κ3) is 6.45. The highest BCUT2D eigenvalue weighted by Gasteiger charge is 2.39. The van der Waals surface area contributed by atoms with E-state index in [1.54, 1.807) is 0 Å². The molecule has 4 nitrogen and oxygen atoms in total. The van der Waals surface area contributed by atoms with Crippen LogP contribution in [0.2, 0.25) is 0 Å². The third-order valence-corrected chi connectivity index (χ3v) is 14.9. The molecule has 0 bridgehead atoms. The third-order valence-electron chi connectivity index (χ3n) is 14.9. The molecule has 0 unspecified atom stereocenters. The lowest BCUT2D eigenvalue weighted by Gasteiger charge is -2.30. The van der Waals surface area contributed by atoms with Gasteiger partial charge in [0.05, 0.1) is 17.1 Å². The van der Waals surface area contributed by atoms with E-state index in [0.29, 0.717) is 0 Å². The molecule has 0 fully saturated rings. The first-order chi connectivity index (χ1) is 35.0. The van der Waals surface area contributed by atoms with Crippen LogP contribution in [0.25, 0.3) is 88.0 Å². The van der Waals surface area contributed by atoms with Crippen LogP contribution in [-0.4, -0.2) is 0 Å². The first-order valence-electron chi connectivity index (χ1n) is 24.4. The number of furan rings is 2. The normalized spacial score (nSPS) is 12.8. The first-order valence-corrected chi connectivity index (χ1v) is 24.4. The molecule has 0 saturated carbocycles. The predicted octanol–water partition coefficient (Wildman–Crippen LogP) is 19.2. The SMILES string of the molecule is CC1(C)c2cc(N(c3ccc(-c4ccccc4)cc3)c3cccc4c3oc3ccccc34)ccc2-c2c1cc(N(c1ccc(-c3ccccc3)cc1)c1cccc3c1oc1ccccc13)c1ccccc21. The zero-order valence-electron chi connectivity index (χ0n) is 39.3. The van der Waals surface area contributed by atoms with E-state index in [9.17, 15) is 0 Å². The second-order valence-corrected chi connectivity index (χ2v) is 19.2. The van der Waals surface area contributed by atoms with Crippen molar-refractivity contribution in [3.05, 3.63) is 254 Å².